The van der Waals surface area contributed by atoms with Crippen molar-refractivity contribution in [3.63, 3.8) is 0 Å². The van der Waals surface area contributed by atoms with Gasteiger partial charge in [0.05, 0.1) is 0 Å². The molecule has 0 saturated carbocycles. The molecule has 4 nitrogen and oxygen atoms in total. The Labute approximate surface area is 130 Å². The highest BCUT2D eigenvalue weighted by atomic mass is 19.1. The first-order valence-corrected chi connectivity index (χ1v) is 7.27. The molecule has 2 rings (SSSR count). The molecular weight excluding hydrogens is 281 g/mol. The van der Waals surface area contributed by atoms with Crippen molar-refractivity contribution in [1.29, 1.82) is 0 Å². The van der Waals surface area contributed by atoms with Crippen molar-refractivity contribution in [2.24, 2.45) is 0 Å². The molecule has 0 saturated heterocycles. The van der Waals surface area contributed by atoms with Crippen molar-refractivity contribution >= 4 is 6.03 Å². The third-order valence-electron chi connectivity index (χ3n) is 3.44. The van der Waals surface area contributed by atoms with Crippen LogP contribution in [0.5, 0.6) is 0 Å². The van der Waals surface area contributed by atoms with Crippen LogP contribution in [0.2, 0.25) is 0 Å². The zero-order valence-electron chi connectivity index (χ0n) is 12.6. The van der Waals surface area contributed by atoms with E-state index in [0.717, 1.165) is 17.5 Å². The molecule has 1 N–H and O–H groups in total. The molecule has 1 heterocycles. The Morgan fingerprint density at radius 1 is 1.09 bits per heavy atom. The first-order chi connectivity index (χ1) is 10.6. The summed E-state index contributed by atoms with van der Waals surface area (Å²) < 4.78 is 12.8. The van der Waals surface area contributed by atoms with E-state index >= 15 is 0 Å². The van der Waals surface area contributed by atoms with Gasteiger partial charge in [-0.15, -0.1) is 0 Å². The number of hydrogen-bond acceptors (Lipinski definition) is 2. The Balaban J connectivity index is 1.69. The topological polar surface area (TPSA) is 45.2 Å². The van der Waals surface area contributed by atoms with E-state index in [1.807, 2.05) is 12.1 Å². The summed E-state index contributed by atoms with van der Waals surface area (Å²) in [6, 6.07) is 10.1. The zero-order valence-corrected chi connectivity index (χ0v) is 12.6. The minimum absolute atomic E-state index is 0.101. The van der Waals surface area contributed by atoms with Crippen LogP contribution in [-0.2, 0) is 12.8 Å². The number of urea groups is 1. The summed E-state index contributed by atoms with van der Waals surface area (Å²) in [7, 11) is 1.77. The quantitative estimate of drug-likeness (QED) is 0.891. The van der Waals surface area contributed by atoms with E-state index in [2.05, 4.69) is 10.3 Å². The predicted molar refractivity (Wildman–Crippen MR) is 84.1 cm³/mol. The lowest BCUT2D eigenvalue weighted by Gasteiger charge is -2.18. The van der Waals surface area contributed by atoms with E-state index < -0.39 is 0 Å². The maximum atomic E-state index is 12.8. The number of hydrogen-bond donors (Lipinski definition) is 1. The van der Waals surface area contributed by atoms with Crippen LogP contribution in [-0.4, -0.2) is 36.1 Å². The van der Waals surface area contributed by atoms with Crippen molar-refractivity contribution in [2.45, 2.75) is 12.8 Å². The molecule has 0 aliphatic rings. The minimum Gasteiger partial charge on any atom is -0.338 e. The summed E-state index contributed by atoms with van der Waals surface area (Å²) >= 11 is 0. The maximum absolute atomic E-state index is 12.8. The molecule has 0 aliphatic carbocycles. The summed E-state index contributed by atoms with van der Waals surface area (Å²) in [6.45, 7) is 1.18. The predicted octanol–water partition coefficient (Wildman–Crippen LogP) is 2.65. The fraction of sp³-hybridized carbons (Fsp3) is 0.294. The van der Waals surface area contributed by atoms with E-state index in [-0.39, 0.29) is 11.8 Å². The number of benzene rings is 1. The second-order valence-electron chi connectivity index (χ2n) is 5.14. The fourth-order valence-electron chi connectivity index (χ4n) is 2.05. The summed E-state index contributed by atoms with van der Waals surface area (Å²) in [5, 5.41) is 2.86. The number of pyridine rings is 1. The average molecular weight is 301 g/mol. The number of carbonyl (C=O) groups excluding carboxylic acids is 1. The Bertz CT molecular complexity index is 587. The van der Waals surface area contributed by atoms with Crippen LogP contribution < -0.4 is 5.32 Å². The van der Waals surface area contributed by atoms with E-state index in [1.165, 1.54) is 12.1 Å². The molecule has 0 unspecified atom stereocenters. The van der Waals surface area contributed by atoms with E-state index in [4.69, 9.17) is 0 Å². The van der Waals surface area contributed by atoms with Crippen LogP contribution in [0, 0.1) is 5.82 Å². The van der Waals surface area contributed by atoms with E-state index in [0.29, 0.717) is 19.5 Å². The lowest BCUT2D eigenvalue weighted by atomic mass is 10.1. The number of halogens is 1. The Morgan fingerprint density at radius 3 is 2.41 bits per heavy atom. The molecular formula is C17H20FN3O. The maximum Gasteiger partial charge on any atom is 0.317 e. The van der Waals surface area contributed by atoms with Gasteiger partial charge < -0.3 is 10.2 Å². The molecule has 2 amide bonds. The monoisotopic (exact) mass is 301 g/mol. The first-order valence-electron chi connectivity index (χ1n) is 7.27. The molecule has 5 heteroatoms. The number of nitrogens with zero attached hydrogens (tertiary/aromatic N) is 2. The van der Waals surface area contributed by atoms with E-state index in [1.54, 1.807) is 36.5 Å². The molecule has 1 aromatic heterocycles. The van der Waals surface area contributed by atoms with Gasteiger partial charge in [-0.1, -0.05) is 12.1 Å². The second kappa shape index (κ2) is 8.12. The molecule has 0 atom stereocenters. The number of likely N-dealkylation sites (N-methyl/N-ethyl adjacent to an activating group) is 1. The first kappa shape index (κ1) is 15.9. The number of nitrogens with one attached hydrogen (secondary N) is 1. The summed E-state index contributed by atoms with van der Waals surface area (Å²) in [4.78, 5) is 17.6. The smallest absolute Gasteiger partial charge is 0.317 e. The molecule has 116 valence electrons. The summed E-state index contributed by atoms with van der Waals surface area (Å²) in [6.07, 6.45) is 4.98. The molecule has 0 fully saturated rings. The van der Waals surface area contributed by atoms with E-state index in [9.17, 15) is 9.18 Å². The van der Waals surface area contributed by atoms with Crippen LogP contribution in [0.25, 0.3) is 0 Å². The number of rotatable bonds is 6. The van der Waals surface area contributed by atoms with Crippen LogP contribution in [0.4, 0.5) is 9.18 Å². The van der Waals surface area contributed by atoms with Crippen LogP contribution in [0.1, 0.15) is 11.1 Å². The molecule has 0 bridgehead atoms. The van der Waals surface area contributed by atoms with Crippen LogP contribution in [0.3, 0.4) is 0 Å². The third-order valence-corrected chi connectivity index (χ3v) is 3.44. The zero-order chi connectivity index (χ0) is 15.8. The normalized spacial score (nSPS) is 10.3. The molecule has 0 spiro atoms. The van der Waals surface area contributed by atoms with Gasteiger partial charge in [0.1, 0.15) is 5.82 Å². The highest BCUT2D eigenvalue weighted by molar-refractivity contribution is 5.73. The molecule has 0 aliphatic heterocycles. The van der Waals surface area contributed by atoms with Crippen molar-refractivity contribution in [2.75, 3.05) is 20.1 Å². The largest absolute Gasteiger partial charge is 0.338 e. The molecule has 22 heavy (non-hydrogen) atoms. The van der Waals surface area contributed by atoms with Crippen molar-refractivity contribution in [1.82, 2.24) is 15.2 Å². The van der Waals surface area contributed by atoms with Crippen molar-refractivity contribution in [3.05, 3.63) is 65.7 Å². The van der Waals surface area contributed by atoms with Gasteiger partial charge in [0, 0.05) is 32.5 Å². The Hall–Kier alpha value is -2.43. The summed E-state index contributed by atoms with van der Waals surface area (Å²) in [5.74, 6) is -0.247. The number of carbonyl (C=O) groups is 1. The highest BCUT2D eigenvalue weighted by Crippen LogP contribution is 2.03. The second-order valence-corrected chi connectivity index (χ2v) is 5.14. The van der Waals surface area contributed by atoms with Gasteiger partial charge in [-0.2, -0.15) is 0 Å². The Morgan fingerprint density at radius 2 is 1.73 bits per heavy atom. The minimum atomic E-state index is -0.247. The Kier molecular flexibility index (Phi) is 5.89. The molecule has 1 aromatic carbocycles. The SMILES string of the molecule is CN(CCc1ccncc1)C(=O)NCCc1ccc(F)cc1. The summed E-state index contributed by atoms with van der Waals surface area (Å²) in [5.41, 5.74) is 2.15. The molecule has 0 radical (unpaired) electrons. The fourth-order valence-corrected chi connectivity index (χ4v) is 2.05. The van der Waals surface area contributed by atoms with Gasteiger partial charge in [0.15, 0.2) is 0 Å². The van der Waals surface area contributed by atoms with Gasteiger partial charge >= 0.3 is 6.03 Å². The lowest BCUT2D eigenvalue weighted by Crippen LogP contribution is -2.39. The standard InChI is InChI=1S/C17H20FN3O/c1-21(13-9-15-6-10-19-11-7-15)17(22)20-12-8-14-2-4-16(18)5-3-14/h2-7,10-11H,8-9,12-13H2,1H3,(H,20,22). The van der Waals surface area contributed by atoms with Gasteiger partial charge in [-0.25, -0.2) is 9.18 Å². The number of aromatic nitrogens is 1. The van der Waals surface area contributed by atoms with Gasteiger partial charge in [-0.3, -0.25) is 4.98 Å². The van der Waals surface area contributed by atoms with Crippen LogP contribution >= 0.6 is 0 Å². The molecule has 2 aromatic rings. The van der Waals surface area contributed by atoms with Crippen molar-refractivity contribution < 1.29 is 9.18 Å². The lowest BCUT2D eigenvalue weighted by molar-refractivity contribution is 0.209. The van der Waals surface area contributed by atoms with Gasteiger partial charge in [0.25, 0.3) is 0 Å². The van der Waals surface area contributed by atoms with Gasteiger partial charge in [0.2, 0.25) is 0 Å². The highest BCUT2D eigenvalue weighted by Gasteiger charge is 2.07. The van der Waals surface area contributed by atoms with Crippen molar-refractivity contribution in [3.8, 4) is 0 Å². The van der Waals surface area contributed by atoms with Crippen LogP contribution in [0.15, 0.2) is 48.8 Å². The third kappa shape index (κ3) is 5.16. The van der Waals surface area contributed by atoms with Gasteiger partial charge in [-0.05, 0) is 48.2 Å². The number of amides is 2. The average Bonchev–Trinajstić information content (AvgIpc) is 2.55.